The maximum atomic E-state index is 9.32. The molecule has 0 aliphatic heterocycles. The van der Waals surface area contributed by atoms with Gasteiger partial charge in [-0.25, -0.2) is 9.97 Å². The lowest BCUT2D eigenvalue weighted by Gasteiger charge is -2.14. The molecule has 1 heterocycles. The number of hydrogen-bond donors (Lipinski definition) is 4. The number of aryl methyl sites for hydroxylation is 1. The van der Waals surface area contributed by atoms with Crippen LogP contribution in [0.4, 0.5) is 23.0 Å². The topological polar surface area (TPSA) is 93.5 Å². The van der Waals surface area contributed by atoms with E-state index in [-0.39, 0.29) is 6.61 Å². The molecule has 0 aliphatic carbocycles. The Kier molecular flexibility index (Phi) is 5.72. The molecule has 124 valence electrons. The smallest absolute Gasteiger partial charge is 0.136 e. The van der Waals surface area contributed by atoms with Crippen molar-refractivity contribution >= 4 is 23.0 Å². The second-order valence-corrected chi connectivity index (χ2v) is 5.47. The Balaban J connectivity index is 2.03. The summed E-state index contributed by atoms with van der Waals surface area (Å²) >= 11 is 0. The van der Waals surface area contributed by atoms with Crippen molar-refractivity contribution in [3.8, 4) is 0 Å². The number of aliphatic hydroxyl groups excluding tert-OH is 2. The average Bonchev–Trinajstić information content (AvgIpc) is 2.53. The number of anilines is 4. The number of nitrogens with zero attached hydrogens (tertiary/aromatic N) is 3. The molecule has 2 rings (SSSR count). The van der Waals surface area contributed by atoms with Crippen LogP contribution in [0.25, 0.3) is 0 Å². The number of aliphatic hydroxyl groups is 2. The molecule has 1 aromatic heterocycles. The van der Waals surface area contributed by atoms with Gasteiger partial charge in [0.05, 0.1) is 12.7 Å². The van der Waals surface area contributed by atoms with Gasteiger partial charge in [-0.1, -0.05) is 0 Å². The minimum atomic E-state index is -0.763. The van der Waals surface area contributed by atoms with Gasteiger partial charge in [-0.3, -0.25) is 0 Å². The van der Waals surface area contributed by atoms with Crippen LogP contribution >= 0.6 is 0 Å². The Morgan fingerprint density at radius 3 is 2.39 bits per heavy atom. The molecule has 1 aromatic carbocycles. The number of hydrogen-bond acceptors (Lipinski definition) is 7. The molecule has 0 spiro atoms. The highest BCUT2D eigenvalue weighted by atomic mass is 16.3. The van der Waals surface area contributed by atoms with Crippen LogP contribution in [0.2, 0.25) is 0 Å². The van der Waals surface area contributed by atoms with Crippen molar-refractivity contribution in [2.45, 2.75) is 13.0 Å². The van der Waals surface area contributed by atoms with E-state index in [0.29, 0.717) is 12.4 Å². The molecule has 2 aromatic rings. The Bertz CT molecular complexity index is 631. The van der Waals surface area contributed by atoms with Crippen LogP contribution in [0.15, 0.2) is 30.3 Å². The molecule has 0 aliphatic rings. The summed E-state index contributed by atoms with van der Waals surface area (Å²) in [5.74, 6) is 2.28. The van der Waals surface area contributed by atoms with Crippen LogP contribution in [0.1, 0.15) is 5.82 Å². The lowest BCUT2D eigenvalue weighted by molar-refractivity contribution is 0.105. The molecule has 7 heteroatoms. The van der Waals surface area contributed by atoms with Crippen molar-refractivity contribution in [3.63, 3.8) is 0 Å². The van der Waals surface area contributed by atoms with Gasteiger partial charge >= 0.3 is 0 Å². The standard InChI is InChI=1S/C16H23N5O2/c1-11-18-15(8-16(19-11)21(2)3)20-13-6-4-12(5-7-13)17-9-14(23)10-22/h4-8,14,17,22-23H,9-10H2,1-3H3,(H,18,19,20). The van der Waals surface area contributed by atoms with Crippen molar-refractivity contribution in [2.24, 2.45) is 0 Å². The average molecular weight is 317 g/mol. The molecule has 23 heavy (non-hydrogen) atoms. The molecule has 0 radical (unpaired) electrons. The number of aromatic nitrogens is 2. The summed E-state index contributed by atoms with van der Waals surface area (Å²) < 4.78 is 0. The highest BCUT2D eigenvalue weighted by molar-refractivity contribution is 5.62. The molecular weight excluding hydrogens is 294 g/mol. The second kappa shape index (κ2) is 7.75. The van der Waals surface area contributed by atoms with Gasteiger partial charge in [-0.05, 0) is 31.2 Å². The fraction of sp³-hybridized carbons (Fsp3) is 0.375. The Labute approximate surface area is 136 Å². The van der Waals surface area contributed by atoms with E-state index in [2.05, 4.69) is 20.6 Å². The first-order valence-corrected chi connectivity index (χ1v) is 7.41. The zero-order valence-electron chi connectivity index (χ0n) is 13.6. The van der Waals surface area contributed by atoms with Gasteiger partial charge in [0.2, 0.25) is 0 Å². The Morgan fingerprint density at radius 2 is 1.78 bits per heavy atom. The minimum absolute atomic E-state index is 0.256. The normalized spacial score (nSPS) is 11.9. The lowest BCUT2D eigenvalue weighted by atomic mass is 10.2. The summed E-state index contributed by atoms with van der Waals surface area (Å²) in [6.07, 6.45) is -0.763. The first-order valence-electron chi connectivity index (χ1n) is 7.41. The maximum absolute atomic E-state index is 9.32. The van der Waals surface area contributed by atoms with Gasteiger partial charge in [-0.2, -0.15) is 0 Å². The van der Waals surface area contributed by atoms with E-state index in [4.69, 9.17) is 5.11 Å². The monoisotopic (exact) mass is 317 g/mol. The highest BCUT2D eigenvalue weighted by Crippen LogP contribution is 2.20. The first-order chi connectivity index (χ1) is 11.0. The van der Waals surface area contributed by atoms with Crippen LogP contribution in [0.5, 0.6) is 0 Å². The molecule has 0 fully saturated rings. The van der Waals surface area contributed by atoms with Crippen molar-refractivity contribution in [1.82, 2.24) is 9.97 Å². The van der Waals surface area contributed by atoms with Gasteiger partial charge in [0.15, 0.2) is 0 Å². The van der Waals surface area contributed by atoms with Crippen LogP contribution < -0.4 is 15.5 Å². The Morgan fingerprint density at radius 1 is 1.13 bits per heavy atom. The van der Waals surface area contributed by atoms with Crippen molar-refractivity contribution in [2.75, 3.05) is 42.8 Å². The number of nitrogens with one attached hydrogen (secondary N) is 2. The largest absolute Gasteiger partial charge is 0.394 e. The molecule has 7 nitrogen and oxygen atoms in total. The molecule has 0 saturated carbocycles. The van der Waals surface area contributed by atoms with Crippen LogP contribution in [-0.4, -0.2) is 53.5 Å². The van der Waals surface area contributed by atoms with E-state index in [1.54, 1.807) is 0 Å². The van der Waals surface area contributed by atoms with Crippen molar-refractivity contribution in [3.05, 3.63) is 36.2 Å². The molecule has 1 atom stereocenters. The SMILES string of the molecule is Cc1nc(Nc2ccc(NCC(O)CO)cc2)cc(N(C)C)n1. The third-order valence-electron chi connectivity index (χ3n) is 3.19. The second-order valence-electron chi connectivity index (χ2n) is 5.47. The molecule has 4 N–H and O–H groups in total. The molecule has 0 saturated heterocycles. The van der Waals surface area contributed by atoms with E-state index in [1.165, 1.54) is 0 Å². The molecule has 1 unspecified atom stereocenters. The molecular formula is C16H23N5O2. The Hall–Kier alpha value is -2.38. The summed E-state index contributed by atoms with van der Waals surface area (Å²) in [6, 6.07) is 9.51. The first kappa shape index (κ1) is 17.0. The molecule has 0 bridgehead atoms. The predicted octanol–water partition coefficient (Wildman–Crippen LogP) is 1.36. The predicted molar refractivity (Wildman–Crippen MR) is 92.4 cm³/mol. The van der Waals surface area contributed by atoms with Crippen LogP contribution in [0, 0.1) is 6.92 Å². The van der Waals surface area contributed by atoms with E-state index >= 15 is 0 Å². The van der Waals surface area contributed by atoms with Gasteiger partial charge in [-0.15, -0.1) is 0 Å². The van der Waals surface area contributed by atoms with Gasteiger partial charge in [0, 0.05) is 38.1 Å². The lowest BCUT2D eigenvalue weighted by Crippen LogP contribution is -2.22. The molecule has 0 amide bonds. The highest BCUT2D eigenvalue weighted by Gasteiger charge is 2.05. The van der Waals surface area contributed by atoms with E-state index in [1.807, 2.05) is 56.3 Å². The summed E-state index contributed by atoms with van der Waals surface area (Å²) in [4.78, 5) is 10.7. The summed E-state index contributed by atoms with van der Waals surface area (Å²) in [5, 5.41) is 24.4. The van der Waals surface area contributed by atoms with Crippen LogP contribution in [0.3, 0.4) is 0 Å². The van der Waals surface area contributed by atoms with E-state index < -0.39 is 6.10 Å². The zero-order valence-corrected chi connectivity index (χ0v) is 13.6. The third-order valence-corrected chi connectivity index (χ3v) is 3.19. The van der Waals surface area contributed by atoms with Gasteiger partial charge < -0.3 is 25.7 Å². The van der Waals surface area contributed by atoms with E-state index in [9.17, 15) is 5.11 Å². The zero-order chi connectivity index (χ0) is 16.8. The van der Waals surface area contributed by atoms with Crippen molar-refractivity contribution in [1.29, 1.82) is 0 Å². The summed E-state index contributed by atoms with van der Waals surface area (Å²) in [5.41, 5.74) is 1.77. The number of benzene rings is 1. The third kappa shape index (κ3) is 5.08. The minimum Gasteiger partial charge on any atom is -0.394 e. The fourth-order valence-electron chi connectivity index (χ4n) is 1.96. The van der Waals surface area contributed by atoms with Gasteiger partial charge in [0.1, 0.15) is 17.5 Å². The van der Waals surface area contributed by atoms with Crippen LogP contribution in [-0.2, 0) is 0 Å². The van der Waals surface area contributed by atoms with Gasteiger partial charge in [0.25, 0.3) is 0 Å². The van der Waals surface area contributed by atoms with E-state index in [0.717, 1.165) is 23.0 Å². The maximum Gasteiger partial charge on any atom is 0.136 e. The summed E-state index contributed by atoms with van der Waals surface area (Å²) in [6.45, 7) is 1.91. The van der Waals surface area contributed by atoms with Crippen molar-refractivity contribution < 1.29 is 10.2 Å². The fourth-order valence-corrected chi connectivity index (χ4v) is 1.96. The quantitative estimate of drug-likeness (QED) is 0.612. The number of rotatable bonds is 7. The summed E-state index contributed by atoms with van der Waals surface area (Å²) in [7, 11) is 3.87.